The average Bonchev–Trinajstić information content (AvgIpc) is 2.56. The molecule has 0 spiro atoms. The highest BCUT2D eigenvalue weighted by Crippen LogP contribution is 2.27. The molecule has 1 aliphatic heterocycles. The second-order valence-corrected chi connectivity index (χ2v) is 4.98. The summed E-state index contributed by atoms with van der Waals surface area (Å²) >= 11 is 0. The molecule has 19 heavy (non-hydrogen) atoms. The molecule has 1 amide bonds. The van der Waals surface area contributed by atoms with Crippen molar-refractivity contribution in [2.45, 2.75) is 38.1 Å². The number of benzene rings is 1. The first-order chi connectivity index (χ1) is 8.76. The minimum Gasteiger partial charge on any atom is -0.406 e. The van der Waals surface area contributed by atoms with Crippen molar-refractivity contribution in [3.05, 3.63) is 29.8 Å². The van der Waals surface area contributed by atoms with Crippen molar-refractivity contribution in [1.82, 2.24) is 5.32 Å². The van der Waals surface area contributed by atoms with Crippen LogP contribution in [0.3, 0.4) is 0 Å². The average molecular weight is 273 g/mol. The van der Waals surface area contributed by atoms with Crippen LogP contribution in [0.25, 0.3) is 0 Å². The molecule has 3 nitrogen and oxygen atoms in total. The fraction of sp³-hybridized carbons (Fsp3) is 0.462. The van der Waals surface area contributed by atoms with Crippen molar-refractivity contribution in [3.8, 4) is 5.75 Å². The molecule has 6 heteroatoms. The Morgan fingerprint density at radius 3 is 2.74 bits per heavy atom. The van der Waals surface area contributed by atoms with Crippen molar-refractivity contribution in [2.24, 2.45) is 0 Å². The summed E-state index contributed by atoms with van der Waals surface area (Å²) in [6.07, 6.45) is -3.08. The molecule has 1 N–H and O–H groups in total. The van der Waals surface area contributed by atoms with Gasteiger partial charge in [0.15, 0.2) is 0 Å². The summed E-state index contributed by atoms with van der Waals surface area (Å²) < 4.78 is 40.2. The molecule has 1 saturated heterocycles. The van der Waals surface area contributed by atoms with Gasteiger partial charge in [0, 0.05) is 12.0 Å². The Morgan fingerprint density at radius 1 is 1.42 bits per heavy atom. The zero-order valence-electron chi connectivity index (χ0n) is 10.4. The number of hydrogen-bond acceptors (Lipinski definition) is 2. The number of alkyl halides is 3. The minimum absolute atomic E-state index is 0.0230. The smallest absolute Gasteiger partial charge is 0.406 e. The van der Waals surface area contributed by atoms with Crippen molar-refractivity contribution < 1.29 is 22.7 Å². The fourth-order valence-corrected chi connectivity index (χ4v) is 2.29. The van der Waals surface area contributed by atoms with E-state index in [1.54, 1.807) is 6.07 Å². The number of carbonyl (C=O) groups excluding carboxylic acids is 1. The second-order valence-electron chi connectivity index (χ2n) is 4.98. The summed E-state index contributed by atoms with van der Waals surface area (Å²) in [5, 5.41) is 2.84. The minimum atomic E-state index is -4.69. The van der Waals surface area contributed by atoms with Gasteiger partial charge in [0.1, 0.15) is 5.75 Å². The van der Waals surface area contributed by atoms with E-state index in [0.29, 0.717) is 24.8 Å². The number of ether oxygens (including phenoxy) is 1. The van der Waals surface area contributed by atoms with E-state index in [2.05, 4.69) is 10.1 Å². The number of amides is 1. The van der Waals surface area contributed by atoms with Crippen LogP contribution in [0.4, 0.5) is 13.2 Å². The molecular weight excluding hydrogens is 259 g/mol. The van der Waals surface area contributed by atoms with Gasteiger partial charge in [0.05, 0.1) is 0 Å². The van der Waals surface area contributed by atoms with E-state index in [1.165, 1.54) is 18.2 Å². The molecular formula is C13H14F3NO2. The van der Waals surface area contributed by atoms with E-state index >= 15 is 0 Å². The van der Waals surface area contributed by atoms with Crippen LogP contribution in [-0.2, 0) is 11.2 Å². The predicted octanol–water partition coefficient (Wildman–Crippen LogP) is 2.80. The highest BCUT2D eigenvalue weighted by Gasteiger charge is 2.34. The number of hydrogen-bond donors (Lipinski definition) is 1. The zero-order valence-corrected chi connectivity index (χ0v) is 10.4. The topological polar surface area (TPSA) is 38.3 Å². The molecule has 1 aliphatic rings. The molecule has 0 aliphatic carbocycles. The molecule has 104 valence electrons. The summed E-state index contributed by atoms with van der Waals surface area (Å²) in [6, 6.07) is 5.84. The van der Waals surface area contributed by atoms with E-state index < -0.39 is 11.9 Å². The summed E-state index contributed by atoms with van der Waals surface area (Å²) in [4.78, 5) is 11.2. The Balaban J connectivity index is 2.09. The van der Waals surface area contributed by atoms with Gasteiger partial charge in [-0.25, -0.2) is 0 Å². The van der Waals surface area contributed by atoms with Gasteiger partial charge in [-0.2, -0.15) is 0 Å². The molecule has 0 aromatic heterocycles. The molecule has 0 bridgehead atoms. The van der Waals surface area contributed by atoms with Crippen LogP contribution < -0.4 is 10.1 Å². The van der Waals surface area contributed by atoms with E-state index in [4.69, 9.17) is 0 Å². The first-order valence-corrected chi connectivity index (χ1v) is 5.91. The van der Waals surface area contributed by atoms with Gasteiger partial charge in [-0.15, -0.1) is 13.2 Å². The van der Waals surface area contributed by atoms with Crippen molar-refractivity contribution in [2.75, 3.05) is 0 Å². The number of rotatable bonds is 3. The summed E-state index contributed by atoms with van der Waals surface area (Å²) in [5.41, 5.74) is 0.306. The SMILES string of the molecule is CC1(Cc2cccc(OC(F)(F)F)c2)CCC(=O)N1. The Bertz CT molecular complexity index is 487. The van der Waals surface area contributed by atoms with Gasteiger partial charge in [0.25, 0.3) is 0 Å². The molecule has 1 atom stereocenters. The van der Waals surface area contributed by atoms with Crippen LogP contribution >= 0.6 is 0 Å². The summed E-state index contributed by atoms with van der Waals surface area (Å²) in [7, 11) is 0. The molecule has 1 aromatic rings. The number of carbonyl (C=O) groups is 1. The van der Waals surface area contributed by atoms with Crippen LogP contribution in [-0.4, -0.2) is 17.8 Å². The molecule has 0 saturated carbocycles. The lowest BCUT2D eigenvalue weighted by molar-refractivity contribution is -0.274. The molecule has 1 aromatic carbocycles. The van der Waals surface area contributed by atoms with Crippen LogP contribution in [0.15, 0.2) is 24.3 Å². The van der Waals surface area contributed by atoms with Crippen molar-refractivity contribution >= 4 is 5.91 Å². The zero-order chi connectivity index (χ0) is 14.1. The van der Waals surface area contributed by atoms with Gasteiger partial charge in [-0.3, -0.25) is 4.79 Å². The molecule has 0 radical (unpaired) electrons. The molecule has 2 rings (SSSR count). The summed E-state index contributed by atoms with van der Waals surface area (Å²) in [6.45, 7) is 1.88. The van der Waals surface area contributed by atoms with E-state index in [9.17, 15) is 18.0 Å². The van der Waals surface area contributed by atoms with Crippen LogP contribution in [0.2, 0.25) is 0 Å². The lowest BCUT2D eigenvalue weighted by Gasteiger charge is -2.24. The quantitative estimate of drug-likeness (QED) is 0.919. The molecule has 1 heterocycles. The van der Waals surface area contributed by atoms with E-state index in [1.807, 2.05) is 6.92 Å². The van der Waals surface area contributed by atoms with Crippen molar-refractivity contribution in [1.29, 1.82) is 0 Å². The third kappa shape index (κ3) is 3.87. The lowest BCUT2D eigenvalue weighted by atomic mass is 9.91. The maximum atomic E-state index is 12.1. The number of halogens is 3. The third-order valence-corrected chi connectivity index (χ3v) is 3.07. The largest absolute Gasteiger partial charge is 0.573 e. The highest BCUT2D eigenvalue weighted by molar-refractivity contribution is 5.79. The van der Waals surface area contributed by atoms with Crippen LogP contribution in [0, 0.1) is 0 Å². The normalized spacial score (nSPS) is 23.3. The van der Waals surface area contributed by atoms with Crippen molar-refractivity contribution in [3.63, 3.8) is 0 Å². The van der Waals surface area contributed by atoms with Gasteiger partial charge in [-0.1, -0.05) is 12.1 Å². The Labute approximate surface area is 108 Å². The first-order valence-electron chi connectivity index (χ1n) is 5.91. The monoisotopic (exact) mass is 273 g/mol. The van der Waals surface area contributed by atoms with Gasteiger partial charge in [-0.05, 0) is 37.5 Å². The maximum Gasteiger partial charge on any atom is 0.573 e. The number of nitrogens with one attached hydrogen (secondary N) is 1. The Hall–Kier alpha value is -1.72. The summed E-state index contributed by atoms with van der Waals surface area (Å²) in [5.74, 6) is -0.261. The van der Waals surface area contributed by atoms with Gasteiger partial charge >= 0.3 is 6.36 Å². The van der Waals surface area contributed by atoms with Gasteiger partial charge in [0.2, 0.25) is 5.91 Å². The highest BCUT2D eigenvalue weighted by atomic mass is 19.4. The standard InChI is InChI=1S/C13H14F3NO2/c1-12(6-5-11(18)17-12)8-9-3-2-4-10(7-9)19-13(14,15)16/h2-4,7H,5-6,8H2,1H3,(H,17,18). The Morgan fingerprint density at radius 2 is 2.16 bits per heavy atom. The Kier molecular flexibility index (Phi) is 3.43. The van der Waals surface area contributed by atoms with Gasteiger partial charge < -0.3 is 10.1 Å². The van der Waals surface area contributed by atoms with E-state index in [0.717, 1.165) is 0 Å². The predicted molar refractivity (Wildman–Crippen MR) is 62.6 cm³/mol. The third-order valence-electron chi connectivity index (χ3n) is 3.07. The maximum absolute atomic E-state index is 12.1. The molecule has 1 unspecified atom stereocenters. The lowest BCUT2D eigenvalue weighted by Crippen LogP contribution is -2.40. The van der Waals surface area contributed by atoms with Crippen LogP contribution in [0.5, 0.6) is 5.75 Å². The fourth-order valence-electron chi connectivity index (χ4n) is 2.29. The first kappa shape index (κ1) is 13.7. The van der Waals surface area contributed by atoms with Crippen LogP contribution in [0.1, 0.15) is 25.3 Å². The molecule has 1 fully saturated rings. The van der Waals surface area contributed by atoms with E-state index in [-0.39, 0.29) is 11.7 Å². The second kappa shape index (κ2) is 4.75.